The van der Waals surface area contributed by atoms with Crippen molar-refractivity contribution in [2.45, 2.75) is 25.9 Å². The largest absolute Gasteiger partial charge is 0.497 e. The van der Waals surface area contributed by atoms with E-state index < -0.39 is 12.0 Å². The highest BCUT2D eigenvalue weighted by atomic mass is 16.5. The molecule has 2 aliphatic rings. The minimum atomic E-state index is -0.582. The van der Waals surface area contributed by atoms with E-state index in [0.29, 0.717) is 35.2 Å². The Bertz CT molecular complexity index is 918. The summed E-state index contributed by atoms with van der Waals surface area (Å²) in [4.78, 5) is 30.7. The van der Waals surface area contributed by atoms with Gasteiger partial charge in [-0.05, 0) is 17.7 Å². The van der Waals surface area contributed by atoms with Gasteiger partial charge in [-0.1, -0.05) is 24.2 Å². The summed E-state index contributed by atoms with van der Waals surface area (Å²) in [6.07, 6.45) is 0.605. The molecule has 0 saturated carbocycles. The second-order valence-electron chi connectivity index (χ2n) is 6.14. The summed E-state index contributed by atoms with van der Waals surface area (Å²) < 4.78 is 15.5. The molecule has 2 aromatic rings. The summed E-state index contributed by atoms with van der Waals surface area (Å²) >= 11 is 0. The molecule has 3 heterocycles. The number of methoxy groups -OCH3 is 1. The van der Waals surface area contributed by atoms with Gasteiger partial charge in [0.25, 0.3) is 0 Å². The molecule has 2 aliphatic heterocycles. The van der Waals surface area contributed by atoms with Crippen molar-refractivity contribution < 1.29 is 23.6 Å². The zero-order valence-electron chi connectivity index (χ0n) is 14.9. The first-order chi connectivity index (χ1) is 13.1. The quantitative estimate of drug-likeness (QED) is 0.799. The second kappa shape index (κ2) is 6.75. The van der Waals surface area contributed by atoms with Crippen molar-refractivity contribution in [2.75, 3.05) is 13.7 Å². The number of nitrogens with zero attached hydrogens (tertiary/aromatic N) is 3. The molecule has 0 spiro atoms. The SMILES string of the molecule is CCc1nc(CN2C(=O)N[C@H](c3ccc(OC)cc3)C3=C2COC3=O)no1. The van der Waals surface area contributed by atoms with Crippen LogP contribution in [0, 0.1) is 0 Å². The highest BCUT2D eigenvalue weighted by molar-refractivity contribution is 5.97. The minimum absolute atomic E-state index is 0.0345. The summed E-state index contributed by atoms with van der Waals surface area (Å²) in [5.74, 6) is 1.11. The maximum atomic E-state index is 12.7. The standard InChI is InChI=1S/C18H18N4O5/c1-3-14-19-13(21-27-14)8-22-12-9-26-17(23)15(12)16(20-18(22)24)10-4-6-11(25-2)7-5-10/h4-7,16H,3,8-9H2,1-2H3,(H,20,24)/t16-/m1/s1. The van der Waals surface area contributed by atoms with Crippen LogP contribution in [0.4, 0.5) is 4.79 Å². The van der Waals surface area contributed by atoms with E-state index in [0.717, 1.165) is 5.56 Å². The molecule has 0 saturated heterocycles. The summed E-state index contributed by atoms with van der Waals surface area (Å²) in [5, 5.41) is 6.74. The topological polar surface area (TPSA) is 107 Å². The molecule has 9 heteroatoms. The monoisotopic (exact) mass is 370 g/mol. The van der Waals surface area contributed by atoms with E-state index in [-0.39, 0.29) is 19.2 Å². The van der Waals surface area contributed by atoms with E-state index in [1.54, 1.807) is 19.2 Å². The molecule has 0 fully saturated rings. The number of urea groups is 1. The molecular weight excluding hydrogens is 352 g/mol. The lowest BCUT2D eigenvalue weighted by atomic mass is 9.95. The van der Waals surface area contributed by atoms with Crippen molar-refractivity contribution >= 4 is 12.0 Å². The zero-order valence-corrected chi connectivity index (χ0v) is 14.9. The Morgan fingerprint density at radius 3 is 2.74 bits per heavy atom. The van der Waals surface area contributed by atoms with Crippen molar-refractivity contribution in [1.29, 1.82) is 0 Å². The Hall–Kier alpha value is -3.36. The van der Waals surface area contributed by atoms with Gasteiger partial charge in [-0.25, -0.2) is 9.59 Å². The van der Waals surface area contributed by atoms with Crippen molar-refractivity contribution in [3.63, 3.8) is 0 Å². The fourth-order valence-corrected chi connectivity index (χ4v) is 3.16. The average molecular weight is 370 g/mol. The van der Waals surface area contributed by atoms with Crippen LogP contribution in [0.5, 0.6) is 5.75 Å². The number of cyclic esters (lactones) is 1. The molecule has 140 valence electrons. The van der Waals surface area contributed by atoms with Gasteiger partial charge in [0.15, 0.2) is 5.82 Å². The maximum Gasteiger partial charge on any atom is 0.338 e. The highest BCUT2D eigenvalue weighted by Crippen LogP contribution is 2.36. The number of carbonyl (C=O) groups is 2. The lowest BCUT2D eigenvalue weighted by molar-refractivity contribution is -0.136. The number of ether oxygens (including phenoxy) is 2. The molecule has 2 amide bonds. The number of carbonyl (C=O) groups excluding carboxylic acids is 2. The first-order valence-corrected chi connectivity index (χ1v) is 8.54. The van der Waals surface area contributed by atoms with Crippen LogP contribution < -0.4 is 10.1 Å². The van der Waals surface area contributed by atoms with Gasteiger partial charge < -0.3 is 19.3 Å². The molecule has 1 aromatic heterocycles. The Morgan fingerprint density at radius 2 is 2.07 bits per heavy atom. The Morgan fingerprint density at radius 1 is 1.30 bits per heavy atom. The van der Waals surface area contributed by atoms with Crippen molar-refractivity contribution in [3.05, 3.63) is 52.8 Å². The molecule has 4 rings (SSSR count). The molecule has 0 unspecified atom stereocenters. The fraction of sp³-hybridized carbons (Fsp3) is 0.333. The van der Waals surface area contributed by atoms with E-state index in [1.807, 2.05) is 19.1 Å². The third-order valence-electron chi connectivity index (χ3n) is 4.56. The van der Waals surface area contributed by atoms with Gasteiger partial charge in [0.05, 0.1) is 31.0 Å². The van der Waals surface area contributed by atoms with Gasteiger partial charge in [-0.2, -0.15) is 4.98 Å². The third kappa shape index (κ3) is 3.01. The number of rotatable bonds is 5. The van der Waals surface area contributed by atoms with Crippen LogP contribution in [-0.2, 0) is 22.5 Å². The van der Waals surface area contributed by atoms with E-state index >= 15 is 0 Å². The van der Waals surface area contributed by atoms with Gasteiger partial charge in [-0.3, -0.25) is 4.90 Å². The molecule has 0 radical (unpaired) electrons. The zero-order chi connectivity index (χ0) is 19.0. The summed E-state index contributed by atoms with van der Waals surface area (Å²) in [5.41, 5.74) is 1.70. The smallest absolute Gasteiger partial charge is 0.338 e. The number of hydrogen-bond donors (Lipinski definition) is 1. The fourth-order valence-electron chi connectivity index (χ4n) is 3.16. The van der Waals surface area contributed by atoms with Crippen LogP contribution >= 0.6 is 0 Å². The van der Waals surface area contributed by atoms with Crippen LogP contribution in [0.1, 0.15) is 30.2 Å². The van der Waals surface area contributed by atoms with Gasteiger partial charge in [0, 0.05) is 6.42 Å². The molecular formula is C18H18N4O5. The van der Waals surface area contributed by atoms with Crippen LogP contribution in [0.25, 0.3) is 0 Å². The third-order valence-corrected chi connectivity index (χ3v) is 4.56. The van der Waals surface area contributed by atoms with Gasteiger partial charge in [0.1, 0.15) is 12.4 Å². The van der Waals surface area contributed by atoms with Crippen LogP contribution in [-0.4, -0.2) is 40.8 Å². The summed E-state index contributed by atoms with van der Waals surface area (Å²) in [6.45, 7) is 2.03. The van der Waals surface area contributed by atoms with Crippen LogP contribution in [0.3, 0.4) is 0 Å². The first kappa shape index (κ1) is 17.1. The number of nitrogens with one attached hydrogen (secondary N) is 1. The molecule has 0 aliphatic carbocycles. The van der Waals surface area contributed by atoms with E-state index in [1.165, 1.54) is 4.90 Å². The number of amides is 2. The molecule has 0 bridgehead atoms. The van der Waals surface area contributed by atoms with Gasteiger partial charge in [0.2, 0.25) is 5.89 Å². The molecule has 1 atom stereocenters. The van der Waals surface area contributed by atoms with Crippen LogP contribution in [0.2, 0.25) is 0 Å². The molecule has 1 aromatic carbocycles. The second-order valence-corrected chi connectivity index (χ2v) is 6.14. The van der Waals surface area contributed by atoms with Gasteiger partial charge >= 0.3 is 12.0 Å². The van der Waals surface area contributed by atoms with Crippen molar-refractivity contribution in [1.82, 2.24) is 20.4 Å². The maximum absolute atomic E-state index is 12.7. The van der Waals surface area contributed by atoms with E-state index in [4.69, 9.17) is 14.0 Å². The normalized spacial score (nSPS) is 19.0. The minimum Gasteiger partial charge on any atom is -0.497 e. The van der Waals surface area contributed by atoms with Crippen LogP contribution in [0.15, 0.2) is 40.1 Å². The highest BCUT2D eigenvalue weighted by Gasteiger charge is 2.42. The molecule has 27 heavy (non-hydrogen) atoms. The molecule has 9 nitrogen and oxygen atoms in total. The van der Waals surface area contributed by atoms with E-state index in [2.05, 4.69) is 15.5 Å². The Labute approximate surface area is 154 Å². The lowest BCUT2D eigenvalue weighted by Gasteiger charge is -2.32. The average Bonchev–Trinajstić information content (AvgIpc) is 3.30. The lowest BCUT2D eigenvalue weighted by Crippen LogP contribution is -2.47. The number of aryl methyl sites for hydroxylation is 1. The number of esters is 1. The summed E-state index contributed by atoms with van der Waals surface area (Å²) in [7, 11) is 1.58. The number of aromatic nitrogens is 2. The first-order valence-electron chi connectivity index (χ1n) is 8.54. The summed E-state index contributed by atoms with van der Waals surface area (Å²) in [6, 6.07) is 6.24. The molecule has 1 N–H and O–H groups in total. The van der Waals surface area contributed by atoms with Crippen molar-refractivity contribution in [2.24, 2.45) is 0 Å². The van der Waals surface area contributed by atoms with E-state index in [9.17, 15) is 9.59 Å². The predicted molar refractivity (Wildman–Crippen MR) is 91.5 cm³/mol. The number of hydrogen-bond acceptors (Lipinski definition) is 7. The van der Waals surface area contributed by atoms with Crippen molar-refractivity contribution in [3.8, 4) is 5.75 Å². The Kier molecular flexibility index (Phi) is 4.27. The van der Waals surface area contributed by atoms with Gasteiger partial charge in [-0.15, -0.1) is 0 Å². The predicted octanol–water partition coefficient (Wildman–Crippen LogP) is 1.72. The number of benzene rings is 1. The Balaban J connectivity index is 1.67.